The monoisotopic (exact) mass is 232 g/mol. The Morgan fingerprint density at radius 2 is 2.06 bits per heavy atom. The van der Waals surface area contributed by atoms with Crippen molar-refractivity contribution in [2.45, 2.75) is 39.3 Å². The SMILES string of the molecule is CCC(NC1C(=O)Nc2ccccc21)C(C)C. The van der Waals surface area contributed by atoms with Crippen molar-refractivity contribution in [3.8, 4) is 0 Å². The van der Waals surface area contributed by atoms with Gasteiger partial charge in [0.05, 0.1) is 0 Å². The molecular weight excluding hydrogens is 212 g/mol. The van der Waals surface area contributed by atoms with Crippen molar-refractivity contribution < 1.29 is 4.79 Å². The molecule has 92 valence electrons. The van der Waals surface area contributed by atoms with E-state index in [1.165, 1.54) is 0 Å². The molecule has 3 nitrogen and oxygen atoms in total. The van der Waals surface area contributed by atoms with E-state index in [2.05, 4.69) is 31.4 Å². The highest BCUT2D eigenvalue weighted by atomic mass is 16.2. The van der Waals surface area contributed by atoms with Crippen molar-refractivity contribution in [2.24, 2.45) is 5.92 Å². The van der Waals surface area contributed by atoms with Crippen LogP contribution in [0.2, 0.25) is 0 Å². The van der Waals surface area contributed by atoms with Gasteiger partial charge in [-0.25, -0.2) is 0 Å². The van der Waals surface area contributed by atoms with Crippen molar-refractivity contribution in [3.63, 3.8) is 0 Å². The molecule has 2 atom stereocenters. The van der Waals surface area contributed by atoms with E-state index >= 15 is 0 Å². The first-order chi connectivity index (χ1) is 8.13. The summed E-state index contributed by atoms with van der Waals surface area (Å²) in [5.41, 5.74) is 2.00. The van der Waals surface area contributed by atoms with Crippen molar-refractivity contribution in [3.05, 3.63) is 29.8 Å². The lowest BCUT2D eigenvalue weighted by Gasteiger charge is -2.24. The van der Waals surface area contributed by atoms with Crippen LogP contribution in [-0.2, 0) is 4.79 Å². The van der Waals surface area contributed by atoms with E-state index in [4.69, 9.17) is 0 Å². The Balaban J connectivity index is 2.19. The molecule has 0 fully saturated rings. The van der Waals surface area contributed by atoms with Gasteiger partial charge in [-0.05, 0) is 18.4 Å². The first-order valence-corrected chi connectivity index (χ1v) is 6.29. The van der Waals surface area contributed by atoms with Crippen molar-refractivity contribution in [1.82, 2.24) is 5.32 Å². The second-order valence-electron chi connectivity index (χ2n) is 4.93. The van der Waals surface area contributed by atoms with Gasteiger partial charge in [0.25, 0.3) is 0 Å². The van der Waals surface area contributed by atoms with Gasteiger partial charge in [0.2, 0.25) is 5.91 Å². The van der Waals surface area contributed by atoms with Gasteiger partial charge < -0.3 is 5.32 Å². The number of hydrogen-bond donors (Lipinski definition) is 2. The van der Waals surface area contributed by atoms with Gasteiger partial charge in [0, 0.05) is 17.3 Å². The Bertz CT molecular complexity index is 414. The lowest BCUT2D eigenvalue weighted by atomic mass is 9.99. The fraction of sp³-hybridized carbons (Fsp3) is 0.500. The zero-order valence-electron chi connectivity index (χ0n) is 10.7. The van der Waals surface area contributed by atoms with E-state index in [1.54, 1.807) is 0 Å². The van der Waals surface area contributed by atoms with Crippen molar-refractivity contribution in [1.29, 1.82) is 0 Å². The maximum atomic E-state index is 11.9. The number of amides is 1. The topological polar surface area (TPSA) is 41.1 Å². The van der Waals surface area contributed by atoms with Crippen LogP contribution in [0.3, 0.4) is 0 Å². The fourth-order valence-electron chi connectivity index (χ4n) is 2.37. The highest BCUT2D eigenvalue weighted by molar-refractivity contribution is 6.02. The van der Waals surface area contributed by atoms with E-state index in [-0.39, 0.29) is 11.9 Å². The standard InChI is InChI=1S/C14H20N2O/c1-4-11(9(2)3)15-13-10-7-5-6-8-12(10)16-14(13)17/h5-9,11,13,15H,4H2,1-3H3,(H,16,17). The molecule has 0 bridgehead atoms. The molecular formula is C14H20N2O. The Kier molecular flexibility index (Phi) is 3.48. The fourth-order valence-corrected chi connectivity index (χ4v) is 2.37. The molecule has 1 aliphatic heterocycles. The van der Waals surface area contributed by atoms with Crippen LogP contribution in [0.4, 0.5) is 5.69 Å². The number of carbonyl (C=O) groups is 1. The maximum absolute atomic E-state index is 11.9. The largest absolute Gasteiger partial charge is 0.324 e. The third kappa shape index (κ3) is 2.34. The summed E-state index contributed by atoms with van der Waals surface area (Å²) in [6.45, 7) is 6.51. The number of carbonyl (C=O) groups excluding carboxylic acids is 1. The van der Waals surface area contributed by atoms with E-state index in [9.17, 15) is 4.79 Å². The molecule has 0 radical (unpaired) electrons. The third-order valence-electron chi connectivity index (χ3n) is 3.42. The average Bonchev–Trinajstić information content (AvgIpc) is 2.61. The van der Waals surface area contributed by atoms with Gasteiger partial charge >= 0.3 is 0 Å². The van der Waals surface area contributed by atoms with Crippen LogP contribution in [0.5, 0.6) is 0 Å². The third-order valence-corrected chi connectivity index (χ3v) is 3.42. The first kappa shape index (κ1) is 12.1. The maximum Gasteiger partial charge on any atom is 0.246 e. The molecule has 2 unspecified atom stereocenters. The molecule has 1 heterocycles. The van der Waals surface area contributed by atoms with Gasteiger partial charge in [-0.3, -0.25) is 10.1 Å². The molecule has 0 aliphatic carbocycles. The molecule has 1 aromatic carbocycles. The first-order valence-electron chi connectivity index (χ1n) is 6.29. The van der Waals surface area contributed by atoms with E-state index < -0.39 is 0 Å². The summed E-state index contributed by atoms with van der Waals surface area (Å²) < 4.78 is 0. The summed E-state index contributed by atoms with van der Waals surface area (Å²) in [4.78, 5) is 11.9. The van der Waals surface area contributed by atoms with Crippen molar-refractivity contribution >= 4 is 11.6 Å². The van der Waals surface area contributed by atoms with Gasteiger partial charge in [0.15, 0.2) is 0 Å². The molecule has 2 N–H and O–H groups in total. The van der Waals surface area contributed by atoms with Crippen molar-refractivity contribution in [2.75, 3.05) is 5.32 Å². The molecule has 1 amide bonds. The summed E-state index contributed by atoms with van der Waals surface area (Å²) in [5, 5.41) is 6.37. The highest BCUT2D eigenvalue weighted by Crippen LogP contribution is 2.31. The molecule has 0 saturated carbocycles. The Labute approximate surface area is 103 Å². The molecule has 0 aromatic heterocycles. The van der Waals surface area contributed by atoms with Gasteiger partial charge in [-0.15, -0.1) is 0 Å². The number of benzene rings is 1. The van der Waals surface area contributed by atoms with Crippen LogP contribution in [0.15, 0.2) is 24.3 Å². The number of para-hydroxylation sites is 1. The quantitative estimate of drug-likeness (QED) is 0.838. The van der Waals surface area contributed by atoms with Crippen LogP contribution in [0, 0.1) is 5.92 Å². The van der Waals surface area contributed by atoms with E-state index in [0.29, 0.717) is 12.0 Å². The molecule has 1 aromatic rings. The Morgan fingerprint density at radius 3 is 2.71 bits per heavy atom. The van der Waals surface area contributed by atoms with Crippen LogP contribution in [-0.4, -0.2) is 11.9 Å². The molecule has 17 heavy (non-hydrogen) atoms. The number of fused-ring (bicyclic) bond motifs is 1. The normalized spacial score (nSPS) is 20.2. The summed E-state index contributed by atoms with van der Waals surface area (Å²) in [7, 11) is 0. The van der Waals surface area contributed by atoms with Gasteiger partial charge in [-0.1, -0.05) is 39.0 Å². The minimum Gasteiger partial charge on any atom is -0.324 e. The Morgan fingerprint density at radius 1 is 1.35 bits per heavy atom. The van der Waals surface area contributed by atoms with Crippen LogP contribution >= 0.6 is 0 Å². The summed E-state index contributed by atoms with van der Waals surface area (Å²) >= 11 is 0. The molecule has 0 saturated heterocycles. The smallest absolute Gasteiger partial charge is 0.246 e. The number of hydrogen-bond acceptors (Lipinski definition) is 2. The van der Waals surface area contributed by atoms with Gasteiger partial charge in [-0.2, -0.15) is 0 Å². The molecule has 1 aliphatic rings. The minimum atomic E-state index is -0.196. The van der Waals surface area contributed by atoms with Crippen LogP contribution in [0.25, 0.3) is 0 Å². The summed E-state index contributed by atoms with van der Waals surface area (Å²) in [6.07, 6.45) is 1.03. The average molecular weight is 232 g/mol. The zero-order chi connectivity index (χ0) is 12.4. The van der Waals surface area contributed by atoms with Crippen LogP contribution in [0.1, 0.15) is 38.8 Å². The highest BCUT2D eigenvalue weighted by Gasteiger charge is 2.31. The number of anilines is 1. The second-order valence-corrected chi connectivity index (χ2v) is 4.93. The predicted octanol–water partition coefficient (Wildman–Crippen LogP) is 2.70. The zero-order valence-corrected chi connectivity index (χ0v) is 10.7. The minimum absolute atomic E-state index is 0.0605. The Hall–Kier alpha value is -1.35. The summed E-state index contributed by atoms with van der Waals surface area (Å²) in [5.74, 6) is 0.589. The summed E-state index contributed by atoms with van der Waals surface area (Å²) in [6, 6.07) is 8.06. The van der Waals surface area contributed by atoms with Crippen LogP contribution < -0.4 is 10.6 Å². The molecule has 3 heteroatoms. The molecule has 0 spiro atoms. The lowest BCUT2D eigenvalue weighted by molar-refractivity contribution is -0.117. The number of rotatable bonds is 4. The predicted molar refractivity (Wildman–Crippen MR) is 69.9 cm³/mol. The second kappa shape index (κ2) is 4.88. The number of nitrogens with one attached hydrogen (secondary N) is 2. The molecule has 2 rings (SSSR count). The van der Waals surface area contributed by atoms with E-state index in [1.807, 2.05) is 24.3 Å². The lowest BCUT2D eigenvalue weighted by Crippen LogP contribution is -2.39. The van der Waals surface area contributed by atoms with E-state index in [0.717, 1.165) is 17.7 Å². The van der Waals surface area contributed by atoms with Gasteiger partial charge in [0.1, 0.15) is 6.04 Å².